The Morgan fingerprint density at radius 1 is 1.29 bits per heavy atom. The highest BCUT2D eigenvalue weighted by Gasteiger charge is 2.23. The fourth-order valence-electron chi connectivity index (χ4n) is 1.43. The molecule has 1 saturated heterocycles. The van der Waals surface area contributed by atoms with Crippen molar-refractivity contribution in [3.8, 4) is 5.75 Å². The number of ether oxygens (including phenoxy) is 2. The smallest absolute Gasteiger partial charge is 0.122 e. The molecule has 1 aliphatic rings. The number of rotatable bonds is 3. The van der Waals surface area contributed by atoms with Gasteiger partial charge in [0.25, 0.3) is 0 Å². The molecule has 1 heterocycles. The average Bonchev–Trinajstić information content (AvgIpc) is 2.97. The Balaban J connectivity index is 2.11. The molecule has 14 heavy (non-hydrogen) atoms. The van der Waals surface area contributed by atoms with Crippen molar-refractivity contribution in [1.82, 2.24) is 0 Å². The van der Waals surface area contributed by atoms with Crippen LogP contribution in [0.2, 0.25) is 0 Å². The zero-order valence-corrected chi connectivity index (χ0v) is 8.96. The fourth-order valence-corrected chi connectivity index (χ4v) is 1.43. The zero-order chi connectivity index (χ0) is 10.1. The van der Waals surface area contributed by atoms with E-state index in [0.29, 0.717) is 12.7 Å². The summed E-state index contributed by atoms with van der Waals surface area (Å²) in [4.78, 5) is 0. The summed E-state index contributed by atoms with van der Waals surface area (Å²) in [6.07, 6.45) is 0.330. The minimum absolute atomic E-state index is 0.330. The maximum absolute atomic E-state index is 5.67. The molecule has 1 aromatic rings. The molecule has 0 amide bonds. The number of benzene rings is 1. The fraction of sp³-hybridized carbons (Fsp3) is 0.500. The van der Waals surface area contributed by atoms with Crippen LogP contribution in [0.25, 0.3) is 0 Å². The Hall–Kier alpha value is -1.02. The van der Waals surface area contributed by atoms with E-state index in [2.05, 4.69) is 26.8 Å². The predicted molar refractivity (Wildman–Crippen MR) is 55.9 cm³/mol. The van der Waals surface area contributed by atoms with E-state index >= 15 is 0 Å². The van der Waals surface area contributed by atoms with Crippen LogP contribution in [0.3, 0.4) is 0 Å². The van der Waals surface area contributed by atoms with Crippen LogP contribution in [-0.2, 0) is 4.74 Å². The third-order valence-electron chi connectivity index (χ3n) is 2.84. The van der Waals surface area contributed by atoms with Crippen LogP contribution in [0.1, 0.15) is 16.7 Å². The average molecular weight is 192 g/mol. The van der Waals surface area contributed by atoms with E-state index in [9.17, 15) is 0 Å². The molecule has 2 rings (SSSR count). The van der Waals surface area contributed by atoms with Gasteiger partial charge in [0, 0.05) is 0 Å². The largest absolute Gasteiger partial charge is 0.491 e. The number of aryl methyl sites for hydroxylation is 1. The van der Waals surface area contributed by atoms with Crippen molar-refractivity contribution >= 4 is 0 Å². The van der Waals surface area contributed by atoms with E-state index in [1.807, 2.05) is 6.07 Å². The Kier molecular flexibility index (Phi) is 2.46. The molecule has 1 aliphatic heterocycles. The molecule has 1 atom stereocenters. The molecule has 1 aromatic carbocycles. The van der Waals surface area contributed by atoms with Crippen molar-refractivity contribution in [3.05, 3.63) is 28.8 Å². The Bertz CT molecular complexity index is 340. The van der Waals surface area contributed by atoms with E-state index in [-0.39, 0.29) is 0 Å². The Morgan fingerprint density at radius 2 is 2.00 bits per heavy atom. The summed E-state index contributed by atoms with van der Waals surface area (Å²) >= 11 is 0. The standard InChI is InChI=1S/C12H16O2/c1-8-4-5-12(10(3)9(8)2)14-7-11-6-13-11/h4-5,11H,6-7H2,1-3H3/t11-/m1/s1. The normalized spacial score (nSPS) is 19.5. The van der Waals surface area contributed by atoms with Gasteiger partial charge in [0.15, 0.2) is 0 Å². The van der Waals surface area contributed by atoms with Crippen molar-refractivity contribution in [3.63, 3.8) is 0 Å². The summed E-state index contributed by atoms with van der Waals surface area (Å²) in [5, 5.41) is 0. The molecule has 0 aliphatic carbocycles. The van der Waals surface area contributed by atoms with E-state index in [4.69, 9.17) is 9.47 Å². The first-order valence-electron chi connectivity index (χ1n) is 4.99. The lowest BCUT2D eigenvalue weighted by Gasteiger charge is -2.11. The number of hydrogen-bond acceptors (Lipinski definition) is 2. The molecule has 0 unspecified atom stereocenters. The summed E-state index contributed by atoms with van der Waals surface area (Å²) in [6.45, 7) is 7.89. The van der Waals surface area contributed by atoms with Gasteiger partial charge in [0.2, 0.25) is 0 Å². The second-order valence-corrected chi connectivity index (χ2v) is 3.90. The quantitative estimate of drug-likeness (QED) is 0.686. The molecule has 0 aromatic heterocycles. The molecule has 0 saturated carbocycles. The predicted octanol–water partition coefficient (Wildman–Crippen LogP) is 2.39. The molecule has 2 nitrogen and oxygen atoms in total. The van der Waals surface area contributed by atoms with Gasteiger partial charge >= 0.3 is 0 Å². The summed E-state index contributed by atoms with van der Waals surface area (Å²) in [7, 11) is 0. The van der Waals surface area contributed by atoms with E-state index in [0.717, 1.165) is 12.4 Å². The maximum Gasteiger partial charge on any atom is 0.122 e. The molecular formula is C12H16O2. The van der Waals surface area contributed by atoms with Gasteiger partial charge in [-0.05, 0) is 43.5 Å². The lowest BCUT2D eigenvalue weighted by molar-refractivity contribution is 0.261. The number of hydrogen-bond donors (Lipinski definition) is 0. The van der Waals surface area contributed by atoms with Crippen molar-refractivity contribution in [2.45, 2.75) is 26.9 Å². The van der Waals surface area contributed by atoms with Gasteiger partial charge < -0.3 is 9.47 Å². The van der Waals surface area contributed by atoms with Gasteiger partial charge in [-0.3, -0.25) is 0 Å². The minimum Gasteiger partial charge on any atom is -0.491 e. The molecular weight excluding hydrogens is 176 g/mol. The molecule has 0 radical (unpaired) electrons. The van der Waals surface area contributed by atoms with Gasteiger partial charge in [0.05, 0.1) is 6.61 Å². The van der Waals surface area contributed by atoms with Crippen LogP contribution in [0.4, 0.5) is 0 Å². The zero-order valence-electron chi connectivity index (χ0n) is 8.96. The summed E-state index contributed by atoms with van der Waals surface area (Å²) < 4.78 is 10.8. The molecule has 76 valence electrons. The monoisotopic (exact) mass is 192 g/mol. The van der Waals surface area contributed by atoms with Gasteiger partial charge in [-0.15, -0.1) is 0 Å². The maximum atomic E-state index is 5.67. The van der Waals surface area contributed by atoms with Gasteiger partial charge in [-0.25, -0.2) is 0 Å². The Labute approximate surface area is 84.8 Å². The van der Waals surface area contributed by atoms with Crippen LogP contribution in [-0.4, -0.2) is 19.3 Å². The van der Waals surface area contributed by atoms with Crippen LogP contribution in [0.15, 0.2) is 12.1 Å². The van der Waals surface area contributed by atoms with Crippen LogP contribution < -0.4 is 4.74 Å². The van der Waals surface area contributed by atoms with E-state index in [1.165, 1.54) is 16.7 Å². The van der Waals surface area contributed by atoms with E-state index in [1.54, 1.807) is 0 Å². The highest BCUT2D eigenvalue weighted by Crippen LogP contribution is 2.24. The van der Waals surface area contributed by atoms with Gasteiger partial charge in [0.1, 0.15) is 18.5 Å². The van der Waals surface area contributed by atoms with Crippen molar-refractivity contribution < 1.29 is 9.47 Å². The highest BCUT2D eigenvalue weighted by atomic mass is 16.6. The number of epoxide rings is 1. The highest BCUT2D eigenvalue weighted by molar-refractivity contribution is 5.42. The van der Waals surface area contributed by atoms with Crippen molar-refractivity contribution in [1.29, 1.82) is 0 Å². The second kappa shape index (κ2) is 3.62. The second-order valence-electron chi connectivity index (χ2n) is 3.90. The lowest BCUT2D eigenvalue weighted by atomic mass is 10.0. The first-order valence-corrected chi connectivity index (χ1v) is 4.99. The third kappa shape index (κ3) is 1.90. The lowest BCUT2D eigenvalue weighted by Crippen LogP contribution is -2.05. The van der Waals surface area contributed by atoms with Crippen molar-refractivity contribution in [2.24, 2.45) is 0 Å². The summed E-state index contributed by atoms with van der Waals surface area (Å²) in [5.74, 6) is 0.989. The SMILES string of the molecule is Cc1ccc(OC[C@H]2CO2)c(C)c1C. The van der Waals surface area contributed by atoms with Crippen LogP contribution in [0, 0.1) is 20.8 Å². The van der Waals surface area contributed by atoms with Gasteiger partial charge in [-0.1, -0.05) is 6.07 Å². The summed E-state index contributed by atoms with van der Waals surface area (Å²) in [6, 6.07) is 4.14. The minimum atomic E-state index is 0.330. The topological polar surface area (TPSA) is 21.8 Å². The molecule has 0 spiro atoms. The van der Waals surface area contributed by atoms with Gasteiger partial charge in [-0.2, -0.15) is 0 Å². The molecule has 0 bridgehead atoms. The molecule has 0 N–H and O–H groups in total. The third-order valence-corrected chi connectivity index (χ3v) is 2.84. The van der Waals surface area contributed by atoms with Crippen molar-refractivity contribution in [2.75, 3.05) is 13.2 Å². The Morgan fingerprint density at radius 3 is 2.64 bits per heavy atom. The van der Waals surface area contributed by atoms with Crippen LogP contribution in [0.5, 0.6) is 5.75 Å². The first-order chi connectivity index (χ1) is 6.68. The molecule has 2 heteroatoms. The van der Waals surface area contributed by atoms with E-state index < -0.39 is 0 Å². The molecule has 1 fully saturated rings. The first kappa shape index (κ1) is 9.53. The van der Waals surface area contributed by atoms with Crippen LogP contribution >= 0.6 is 0 Å². The summed E-state index contributed by atoms with van der Waals surface area (Å²) in [5.41, 5.74) is 3.88.